The predicted octanol–water partition coefficient (Wildman–Crippen LogP) is 3.41. The Kier molecular flexibility index (Phi) is 11.4. The number of para-hydroxylation sites is 1. The van der Waals surface area contributed by atoms with E-state index in [2.05, 4.69) is 42.4 Å². The van der Waals surface area contributed by atoms with Gasteiger partial charge in [0.15, 0.2) is 5.96 Å². The first-order chi connectivity index (χ1) is 11.1. The van der Waals surface area contributed by atoms with Crippen molar-refractivity contribution in [3.63, 3.8) is 0 Å². The Morgan fingerprint density at radius 2 is 1.67 bits per heavy atom. The molecule has 0 spiro atoms. The van der Waals surface area contributed by atoms with Gasteiger partial charge in [-0.05, 0) is 37.8 Å². The van der Waals surface area contributed by atoms with E-state index in [0.717, 1.165) is 31.6 Å². The molecule has 3 N–H and O–H groups in total. The Labute approximate surface area is 163 Å². The third-order valence-electron chi connectivity index (χ3n) is 3.98. The number of anilines is 1. The molecule has 24 heavy (non-hydrogen) atoms. The van der Waals surface area contributed by atoms with Gasteiger partial charge in [0, 0.05) is 25.2 Å². The van der Waals surface area contributed by atoms with Crippen LogP contribution in [0.1, 0.15) is 45.2 Å². The first-order valence-electron chi connectivity index (χ1n) is 8.52. The second kappa shape index (κ2) is 12.1. The van der Waals surface area contributed by atoms with Crippen LogP contribution in [0.15, 0.2) is 23.2 Å². The van der Waals surface area contributed by atoms with Gasteiger partial charge < -0.3 is 16.0 Å². The lowest BCUT2D eigenvalue weighted by molar-refractivity contribution is -0.130. The predicted molar refractivity (Wildman–Crippen MR) is 113 cm³/mol. The van der Waals surface area contributed by atoms with Gasteiger partial charge in [0.2, 0.25) is 5.91 Å². The van der Waals surface area contributed by atoms with Crippen molar-refractivity contribution in [2.24, 2.45) is 10.7 Å². The fourth-order valence-electron chi connectivity index (χ4n) is 2.58. The van der Waals surface area contributed by atoms with E-state index in [9.17, 15) is 4.79 Å². The normalized spacial score (nSPS) is 10.9. The van der Waals surface area contributed by atoms with E-state index in [-0.39, 0.29) is 29.9 Å². The van der Waals surface area contributed by atoms with E-state index in [0.29, 0.717) is 18.9 Å². The third-order valence-corrected chi connectivity index (χ3v) is 3.98. The molecular formula is C18H31IN4O. The van der Waals surface area contributed by atoms with Gasteiger partial charge in [0.05, 0.1) is 6.54 Å². The van der Waals surface area contributed by atoms with Gasteiger partial charge >= 0.3 is 0 Å². The summed E-state index contributed by atoms with van der Waals surface area (Å²) in [5.74, 6) is 0.489. The Morgan fingerprint density at radius 1 is 1.12 bits per heavy atom. The van der Waals surface area contributed by atoms with E-state index in [1.54, 1.807) is 4.90 Å². The standard InChI is InChI=1S/C18H30N4O.HI/c1-5-14-10-9-11-15(6-2)17(14)21-18(19)20-13-12-16(23)22(7-3)8-4;/h9-11H,5-8,12-13H2,1-4H3,(H3,19,20,21);1H. The molecule has 1 aromatic rings. The number of hydrogen-bond acceptors (Lipinski definition) is 2. The highest BCUT2D eigenvalue weighted by molar-refractivity contribution is 14.0. The van der Waals surface area contributed by atoms with Crippen LogP contribution >= 0.6 is 24.0 Å². The van der Waals surface area contributed by atoms with E-state index < -0.39 is 0 Å². The van der Waals surface area contributed by atoms with Crippen LogP contribution in [-0.2, 0) is 17.6 Å². The van der Waals surface area contributed by atoms with Crippen LogP contribution in [0.5, 0.6) is 0 Å². The molecule has 0 unspecified atom stereocenters. The van der Waals surface area contributed by atoms with Crippen LogP contribution in [0.2, 0.25) is 0 Å². The number of aryl methyl sites for hydroxylation is 2. The number of rotatable bonds is 8. The van der Waals surface area contributed by atoms with Gasteiger partial charge in [-0.25, -0.2) is 0 Å². The summed E-state index contributed by atoms with van der Waals surface area (Å²) in [5, 5.41) is 3.21. The molecule has 0 aliphatic rings. The first-order valence-corrected chi connectivity index (χ1v) is 8.52. The number of nitrogens with one attached hydrogen (secondary N) is 1. The largest absolute Gasteiger partial charge is 0.370 e. The van der Waals surface area contributed by atoms with Gasteiger partial charge in [-0.3, -0.25) is 9.79 Å². The van der Waals surface area contributed by atoms with Crippen LogP contribution < -0.4 is 11.1 Å². The molecule has 0 fully saturated rings. The van der Waals surface area contributed by atoms with Gasteiger partial charge in [0.25, 0.3) is 0 Å². The molecule has 0 heterocycles. The van der Waals surface area contributed by atoms with Gasteiger partial charge in [-0.15, -0.1) is 24.0 Å². The number of nitrogens with two attached hydrogens (primary N) is 1. The lowest BCUT2D eigenvalue weighted by Crippen LogP contribution is -2.31. The summed E-state index contributed by atoms with van der Waals surface area (Å²) in [6, 6.07) is 6.26. The molecule has 0 saturated carbocycles. The smallest absolute Gasteiger partial charge is 0.224 e. The molecule has 1 rings (SSSR count). The number of carbonyl (C=O) groups excluding carboxylic acids is 1. The van der Waals surface area contributed by atoms with Crippen LogP contribution in [0.4, 0.5) is 5.69 Å². The van der Waals surface area contributed by atoms with E-state index in [4.69, 9.17) is 5.73 Å². The average Bonchev–Trinajstić information content (AvgIpc) is 2.56. The molecule has 0 bridgehead atoms. The quantitative estimate of drug-likeness (QED) is 0.365. The SMILES string of the molecule is CCc1cccc(CC)c1NC(N)=NCCC(=O)N(CC)CC.I. The molecular weight excluding hydrogens is 415 g/mol. The Hall–Kier alpha value is -1.31. The zero-order chi connectivity index (χ0) is 17.2. The number of hydrogen-bond donors (Lipinski definition) is 2. The molecule has 1 aromatic carbocycles. The summed E-state index contributed by atoms with van der Waals surface area (Å²) in [5.41, 5.74) is 9.49. The molecule has 0 aliphatic carbocycles. The number of guanidine groups is 1. The van der Waals surface area contributed by atoms with Gasteiger partial charge in [-0.2, -0.15) is 0 Å². The lowest BCUT2D eigenvalue weighted by Gasteiger charge is -2.18. The summed E-state index contributed by atoms with van der Waals surface area (Å²) in [7, 11) is 0. The summed E-state index contributed by atoms with van der Waals surface area (Å²) in [4.78, 5) is 18.0. The maximum Gasteiger partial charge on any atom is 0.224 e. The summed E-state index contributed by atoms with van der Waals surface area (Å²) < 4.78 is 0. The van der Waals surface area contributed by atoms with Crippen molar-refractivity contribution in [2.45, 2.75) is 47.0 Å². The molecule has 6 heteroatoms. The Bertz CT molecular complexity index is 520. The maximum absolute atomic E-state index is 11.9. The van der Waals surface area contributed by atoms with E-state index in [1.165, 1.54) is 11.1 Å². The summed E-state index contributed by atoms with van der Waals surface area (Å²) >= 11 is 0. The molecule has 5 nitrogen and oxygen atoms in total. The van der Waals surface area contributed by atoms with Crippen molar-refractivity contribution in [1.29, 1.82) is 0 Å². The van der Waals surface area contributed by atoms with Gasteiger partial charge in [-0.1, -0.05) is 32.0 Å². The molecule has 0 atom stereocenters. The van der Waals surface area contributed by atoms with E-state index in [1.807, 2.05) is 13.8 Å². The fourth-order valence-corrected chi connectivity index (χ4v) is 2.58. The number of amides is 1. The minimum atomic E-state index is 0. The highest BCUT2D eigenvalue weighted by Gasteiger charge is 2.09. The summed E-state index contributed by atoms with van der Waals surface area (Å²) in [6.07, 6.45) is 2.26. The zero-order valence-electron chi connectivity index (χ0n) is 15.3. The second-order valence-corrected chi connectivity index (χ2v) is 5.37. The molecule has 136 valence electrons. The van der Waals surface area contributed by atoms with Crippen molar-refractivity contribution in [3.05, 3.63) is 29.3 Å². The average molecular weight is 446 g/mol. The highest BCUT2D eigenvalue weighted by Crippen LogP contribution is 2.22. The van der Waals surface area contributed by atoms with Crippen LogP contribution in [-0.4, -0.2) is 36.4 Å². The Balaban J connectivity index is 0.00000529. The molecule has 0 saturated heterocycles. The van der Waals surface area contributed by atoms with Crippen LogP contribution in [0.25, 0.3) is 0 Å². The lowest BCUT2D eigenvalue weighted by atomic mass is 10.0. The van der Waals surface area contributed by atoms with Crippen molar-refractivity contribution in [3.8, 4) is 0 Å². The second-order valence-electron chi connectivity index (χ2n) is 5.37. The molecule has 0 radical (unpaired) electrons. The number of benzene rings is 1. The van der Waals surface area contributed by atoms with Crippen molar-refractivity contribution in [1.82, 2.24) is 4.90 Å². The van der Waals surface area contributed by atoms with Crippen molar-refractivity contribution in [2.75, 3.05) is 25.0 Å². The van der Waals surface area contributed by atoms with Crippen molar-refractivity contribution < 1.29 is 4.79 Å². The Morgan fingerprint density at radius 3 is 2.12 bits per heavy atom. The number of nitrogens with zero attached hydrogens (tertiary/aromatic N) is 2. The monoisotopic (exact) mass is 446 g/mol. The molecule has 0 aliphatic heterocycles. The first kappa shape index (κ1) is 22.7. The van der Waals surface area contributed by atoms with Gasteiger partial charge in [0.1, 0.15) is 0 Å². The van der Waals surface area contributed by atoms with Crippen LogP contribution in [0, 0.1) is 0 Å². The van der Waals surface area contributed by atoms with E-state index >= 15 is 0 Å². The highest BCUT2D eigenvalue weighted by atomic mass is 127. The van der Waals surface area contributed by atoms with Crippen LogP contribution in [0.3, 0.4) is 0 Å². The molecule has 1 amide bonds. The minimum absolute atomic E-state index is 0. The number of carbonyl (C=O) groups is 1. The number of halogens is 1. The number of aliphatic imine (C=N–C) groups is 1. The topological polar surface area (TPSA) is 70.7 Å². The third kappa shape index (κ3) is 6.67. The summed E-state index contributed by atoms with van der Waals surface area (Å²) in [6.45, 7) is 10.1. The maximum atomic E-state index is 11.9. The minimum Gasteiger partial charge on any atom is -0.370 e. The fraction of sp³-hybridized carbons (Fsp3) is 0.556. The zero-order valence-corrected chi connectivity index (χ0v) is 17.6. The molecule has 0 aromatic heterocycles. The van der Waals surface area contributed by atoms with Crippen molar-refractivity contribution >= 4 is 41.5 Å².